The van der Waals surface area contributed by atoms with E-state index in [2.05, 4.69) is 5.10 Å². The zero-order valence-electron chi connectivity index (χ0n) is 11.0. The van der Waals surface area contributed by atoms with Gasteiger partial charge in [-0.05, 0) is 43.2 Å². The highest BCUT2D eigenvalue weighted by molar-refractivity contribution is 5.72. The molecule has 4 heteroatoms. The van der Waals surface area contributed by atoms with Crippen LogP contribution < -0.4 is 4.74 Å². The second kappa shape index (κ2) is 4.64. The van der Waals surface area contributed by atoms with Crippen LogP contribution in [0, 0.1) is 13.8 Å². The molecule has 1 aromatic heterocycles. The van der Waals surface area contributed by atoms with E-state index >= 15 is 0 Å². The lowest BCUT2D eigenvalue weighted by Crippen LogP contribution is -2.04. The summed E-state index contributed by atoms with van der Waals surface area (Å²) in [6, 6.07) is 5.87. The molecule has 0 aliphatic heterocycles. The third-order valence-electron chi connectivity index (χ3n) is 2.87. The van der Waals surface area contributed by atoms with E-state index in [1.807, 2.05) is 43.8 Å². The first kappa shape index (κ1) is 12.4. The van der Waals surface area contributed by atoms with Crippen LogP contribution in [0.25, 0.3) is 11.3 Å². The number of nitrogens with zero attached hydrogens (tertiary/aromatic N) is 2. The second-order valence-electron chi connectivity index (χ2n) is 4.37. The van der Waals surface area contributed by atoms with Crippen LogP contribution in [0.2, 0.25) is 0 Å². The number of aryl methyl sites for hydroxylation is 3. The molecule has 0 aliphatic rings. The minimum Gasteiger partial charge on any atom is -0.426 e. The van der Waals surface area contributed by atoms with Crippen molar-refractivity contribution in [2.75, 3.05) is 0 Å². The SMILES string of the molecule is CC(=O)Oc1cc(C)c(-c2ccnn2C)cc1C. The normalized spacial score (nSPS) is 10.4. The van der Waals surface area contributed by atoms with E-state index in [0.29, 0.717) is 5.75 Å². The number of benzene rings is 1. The molecule has 94 valence electrons. The topological polar surface area (TPSA) is 44.1 Å². The largest absolute Gasteiger partial charge is 0.426 e. The summed E-state index contributed by atoms with van der Waals surface area (Å²) < 4.78 is 6.99. The molecule has 0 saturated heterocycles. The predicted molar refractivity (Wildman–Crippen MR) is 69.4 cm³/mol. The fourth-order valence-corrected chi connectivity index (χ4v) is 1.97. The van der Waals surface area contributed by atoms with Gasteiger partial charge in [-0.1, -0.05) is 0 Å². The molecular formula is C14H16N2O2. The van der Waals surface area contributed by atoms with Gasteiger partial charge in [-0.25, -0.2) is 0 Å². The Labute approximate surface area is 106 Å². The molecule has 1 aromatic carbocycles. The van der Waals surface area contributed by atoms with Gasteiger partial charge in [-0.2, -0.15) is 5.10 Å². The monoisotopic (exact) mass is 244 g/mol. The molecule has 0 unspecified atom stereocenters. The van der Waals surface area contributed by atoms with Crippen molar-refractivity contribution in [3.63, 3.8) is 0 Å². The van der Waals surface area contributed by atoms with Crippen LogP contribution in [0.1, 0.15) is 18.1 Å². The van der Waals surface area contributed by atoms with Gasteiger partial charge in [0.05, 0.1) is 5.69 Å². The first-order valence-electron chi connectivity index (χ1n) is 5.77. The molecular weight excluding hydrogens is 228 g/mol. The quantitative estimate of drug-likeness (QED) is 0.602. The fraction of sp³-hybridized carbons (Fsp3) is 0.286. The lowest BCUT2D eigenvalue weighted by Gasteiger charge is -2.11. The summed E-state index contributed by atoms with van der Waals surface area (Å²) in [6.45, 7) is 5.33. The van der Waals surface area contributed by atoms with Gasteiger partial charge in [0.15, 0.2) is 0 Å². The maximum Gasteiger partial charge on any atom is 0.308 e. The van der Waals surface area contributed by atoms with Gasteiger partial charge in [-0.15, -0.1) is 0 Å². The Morgan fingerprint density at radius 1 is 1.28 bits per heavy atom. The Hall–Kier alpha value is -2.10. The van der Waals surface area contributed by atoms with Crippen molar-refractivity contribution in [2.24, 2.45) is 7.05 Å². The molecule has 0 fully saturated rings. The van der Waals surface area contributed by atoms with E-state index in [-0.39, 0.29) is 5.97 Å². The molecule has 2 rings (SSSR count). The van der Waals surface area contributed by atoms with Crippen LogP contribution >= 0.6 is 0 Å². The average Bonchev–Trinajstić information content (AvgIpc) is 2.69. The van der Waals surface area contributed by atoms with Crippen molar-refractivity contribution in [1.29, 1.82) is 0 Å². The van der Waals surface area contributed by atoms with Gasteiger partial charge in [0.2, 0.25) is 0 Å². The van der Waals surface area contributed by atoms with Crippen LogP contribution in [0.15, 0.2) is 24.4 Å². The molecule has 0 radical (unpaired) electrons. The Bertz CT molecular complexity index is 600. The van der Waals surface area contributed by atoms with Gasteiger partial charge in [0.25, 0.3) is 0 Å². The third-order valence-corrected chi connectivity index (χ3v) is 2.87. The van der Waals surface area contributed by atoms with Gasteiger partial charge in [-0.3, -0.25) is 9.48 Å². The van der Waals surface area contributed by atoms with E-state index in [1.165, 1.54) is 6.92 Å². The van der Waals surface area contributed by atoms with Crippen molar-refractivity contribution < 1.29 is 9.53 Å². The zero-order valence-corrected chi connectivity index (χ0v) is 11.0. The molecule has 0 saturated carbocycles. The number of carbonyl (C=O) groups excluding carboxylic acids is 1. The summed E-state index contributed by atoms with van der Waals surface area (Å²) in [5.74, 6) is 0.316. The minimum atomic E-state index is -0.300. The van der Waals surface area contributed by atoms with Gasteiger partial charge in [0.1, 0.15) is 5.75 Å². The molecule has 0 amide bonds. The number of hydrogen-bond donors (Lipinski definition) is 0. The van der Waals surface area contributed by atoms with Gasteiger partial charge >= 0.3 is 5.97 Å². The van der Waals surface area contributed by atoms with Crippen molar-refractivity contribution in [2.45, 2.75) is 20.8 Å². The summed E-state index contributed by atoms with van der Waals surface area (Å²) in [5.41, 5.74) is 4.14. The molecule has 0 bridgehead atoms. The molecule has 4 nitrogen and oxygen atoms in total. The molecule has 1 heterocycles. The number of esters is 1. The van der Waals surface area contributed by atoms with E-state index in [1.54, 1.807) is 6.20 Å². The zero-order chi connectivity index (χ0) is 13.3. The average molecular weight is 244 g/mol. The van der Waals surface area contributed by atoms with Crippen LogP contribution in [0.3, 0.4) is 0 Å². The summed E-state index contributed by atoms with van der Waals surface area (Å²) in [5, 5.41) is 4.17. The van der Waals surface area contributed by atoms with E-state index in [9.17, 15) is 4.79 Å². The summed E-state index contributed by atoms with van der Waals surface area (Å²) in [7, 11) is 1.91. The first-order valence-corrected chi connectivity index (χ1v) is 5.77. The predicted octanol–water partition coefficient (Wildman–Crippen LogP) is 2.63. The van der Waals surface area contributed by atoms with Gasteiger partial charge < -0.3 is 4.74 Å². The summed E-state index contributed by atoms with van der Waals surface area (Å²) in [4.78, 5) is 11.0. The number of rotatable bonds is 2. The third kappa shape index (κ3) is 2.27. The molecule has 18 heavy (non-hydrogen) atoms. The highest BCUT2D eigenvalue weighted by Gasteiger charge is 2.11. The van der Waals surface area contributed by atoms with Crippen molar-refractivity contribution in [1.82, 2.24) is 9.78 Å². The van der Waals surface area contributed by atoms with Gasteiger partial charge in [0, 0.05) is 25.7 Å². The number of hydrogen-bond acceptors (Lipinski definition) is 3. The summed E-state index contributed by atoms with van der Waals surface area (Å²) in [6.07, 6.45) is 1.77. The van der Waals surface area contributed by atoms with Crippen LogP contribution in [0.4, 0.5) is 0 Å². The maximum absolute atomic E-state index is 11.0. The molecule has 0 spiro atoms. The molecule has 2 aromatic rings. The minimum absolute atomic E-state index is 0.300. The van der Waals surface area contributed by atoms with Crippen molar-refractivity contribution in [3.05, 3.63) is 35.5 Å². The standard InChI is InChI=1S/C14H16N2O2/c1-9-8-14(18-11(3)17)10(2)7-12(9)13-5-6-15-16(13)4/h5-8H,1-4H3. The van der Waals surface area contributed by atoms with Crippen molar-refractivity contribution in [3.8, 4) is 17.0 Å². The van der Waals surface area contributed by atoms with Crippen LogP contribution in [0.5, 0.6) is 5.75 Å². The van der Waals surface area contributed by atoms with Crippen LogP contribution in [-0.4, -0.2) is 15.7 Å². The Morgan fingerprint density at radius 3 is 2.56 bits per heavy atom. The first-order chi connectivity index (χ1) is 8.49. The van der Waals surface area contributed by atoms with Crippen molar-refractivity contribution >= 4 is 5.97 Å². The Kier molecular flexibility index (Phi) is 3.19. The number of ether oxygens (including phenoxy) is 1. The molecule has 0 atom stereocenters. The number of aromatic nitrogens is 2. The van der Waals surface area contributed by atoms with E-state index < -0.39 is 0 Å². The number of carbonyl (C=O) groups is 1. The molecule has 0 aliphatic carbocycles. The Morgan fingerprint density at radius 2 is 2.00 bits per heavy atom. The lowest BCUT2D eigenvalue weighted by atomic mass is 10.0. The van der Waals surface area contributed by atoms with E-state index in [4.69, 9.17) is 4.74 Å². The summed E-state index contributed by atoms with van der Waals surface area (Å²) >= 11 is 0. The Balaban J connectivity index is 2.50. The lowest BCUT2D eigenvalue weighted by molar-refractivity contribution is -0.131. The maximum atomic E-state index is 11.0. The van der Waals surface area contributed by atoms with Crippen LogP contribution in [-0.2, 0) is 11.8 Å². The fourth-order valence-electron chi connectivity index (χ4n) is 1.97. The smallest absolute Gasteiger partial charge is 0.308 e. The highest BCUT2D eigenvalue weighted by Crippen LogP contribution is 2.29. The van der Waals surface area contributed by atoms with E-state index in [0.717, 1.165) is 22.4 Å². The second-order valence-corrected chi connectivity index (χ2v) is 4.37. The highest BCUT2D eigenvalue weighted by atomic mass is 16.5. The molecule has 0 N–H and O–H groups in total.